The van der Waals surface area contributed by atoms with Crippen LogP contribution >= 0.6 is 0 Å². The molecule has 0 unspecified atom stereocenters. The van der Waals surface area contributed by atoms with Gasteiger partial charge in [0.2, 0.25) is 5.91 Å². The lowest BCUT2D eigenvalue weighted by Crippen LogP contribution is -2.37. The summed E-state index contributed by atoms with van der Waals surface area (Å²) in [7, 11) is 1.40. The second-order valence-corrected chi connectivity index (χ2v) is 10.5. The smallest absolute Gasteiger partial charge is 0.337 e. The van der Waals surface area contributed by atoms with Crippen molar-refractivity contribution in [2.75, 3.05) is 26.7 Å². The maximum Gasteiger partial charge on any atom is 0.337 e. The average Bonchev–Trinajstić information content (AvgIpc) is 3.66. The van der Waals surface area contributed by atoms with Crippen molar-refractivity contribution in [1.82, 2.24) is 10.2 Å². The summed E-state index contributed by atoms with van der Waals surface area (Å²) in [6.07, 6.45) is 4.05. The minimum absolute atomic E-state index is 0.154. The Morgan fingerprint density at radius 2 is 1.51 bits per heavy atom. The normalized spacial score (nSPS) is 18.5. The zero-order valence-corrected chi connectivity index (χ0v) is 21.6. The summed E-state index contributed by atoms with van der Waals surface area (Å²) in [5.41, 5.74) is 4.54. The second kappa shape index (κ2) is 11.3. The highest BCUT2D eigenvalue weighted by Crippen LogP contribution is 2.59. The van der Waals surface area contributed by atoms with E-state index in [9.17, 15) is 9.59 Å². The molecule has 2 aliphatic rings. The quantitative estimate of drug-likeness (QED) is 0.402. The molecule has 192 valence electrons. The Hall–Kier alpha value is -3.44. The number of likely N-dealkylation sites (tertiary alicyclic amines) is 1. The van der Waals surface area contributed by atoms with Gasteiger partial charge >= 0.3 is 5.97 Å². The molecule has 5 heteroatoms. The van der Waals surface area contributed by atoms with Gasteiger partial charge in [-0.2, -0.15) is 0 Å². The van der Waals surface area contributed by atoms with Gasteiger partial charge in [0.05, 0.1) is 12.7 Å². The first-order chi connectivity index (χ1) is 18.1. The largest absolute Gasteiger partial charge is 0.465 e. The SMILES string of the molecule is COC(=O)c1ccc(CN2CCC3(CC2)C[C@@H]3C(=O)NCCC(c2ccccc2)c2ccccc2)cc1. The fraction of sp³-hybridized carbons (Fsp3) is 0.375. The highest BCUT2D eigenvalue weighted by atomic mass is 16.5. The molecule has 1 aliphatic heterocycles. The van der Waals surface area contributed by atoms with Crippen LogP contribution < -0.4 is 5.32 Å². The molecule has 3 aromatic rings. The number of ether oxygens (including phenoxy) is 1. The first kappa shape index (κ1) is 25.2. The van der Waals surface area contributed by atoms with Gasteiger partial charge in [0.25, 0.3) is 0 Å². The van der Waals surface area contributed by atoms with E-state index in [1.807, 2.05) is 36.4 Å². The van der Waals surface area contributed by atoms with Gasteiger partial charge in [-0.25, -0.2) is 4.79 Å². The fourth-order valence-corrected chi connectivity index (χ4v) is 5.91. The molecule has 1 N–H and O–H groups in total. The Bertz CT molecular complexity index is 1150. The van der Waals surface area contributed by atoms with E-state index in [0.29, 0.717) is 12.1 Å². The van der Waals surface area contributed by atoms with Crippen LogP contribution in [0.2, 0.25) is 0 Å². The Balaban J connectivity index is 1.09. The van der Waals surface area contributed by atoms with Crippen molar-refractivity contribution in [1.29, 1.82) is 0 Å². The Morgan fingerprint density at radius 3 is 2.08 bits per heavy atom. The number of esters is 1. The van der Waals surface area contributed by atoms with Crippen LogP contribution in [-0.2, 0) is 16.1 Å². The zero-order valence-electron chi connectivity index (χ0n) is 21.6. The van der Waals surface area contributed by atoms with E-state index in [1.54, 1.807) is 0 Å². The third-order valence-corrected chi connectivity index (χ3v) is 8.28. The van der Waals surface area contributed by atoms with Crippen LogP contribution in [0.15, 0.2) is 84.9 Å². The van der Waals surface area contributed by atoms with E-state index in [2.05, 4.69) is 58.7 Å². The maximum atomic E-state index is 13.1. The predicted octanol–water partition coefficient (Wildman–Crippen LogP) is 5.41. The minimum atomic E-state index is -0.305. The molecule has 1 saturated carbocycles. The highest BCUT2D eigenvalue weighted by Gasteiger charge is 2.58. The van der Waals surface area contributed by atoms with Gasteiger partial charge in [0, 0.05) is 24.9 Å². The van der Waals surface area contributed by atoms with Crippen molar-refractivity contribution in [3.8, 4) is 0 Å². The lowest BCUT2D eigenvalue weighted by atomic mass is 9.88. The van der Waals surface area contributed by atoms with Gasteiger partial charge < -0.3 is 10.1 Å². The van der Waals surface area contributed by atoms with Crippen LogP contribution in [-0.4, -0.2) is 43.5 Å². The molecule has 0 bridgehead atoms. The molecule has 1 amide bonds. The van der Waals surface area contributed by atoms with Gasteiger partial charge in [0.1, 0.15) is 0 Å². The van der Waals surface area contributed by atoms with Gasteiger partial charge in [-0.15, -0.1) is 0 Å². The predicted molar refractivity (Wildman–Crippen MR) is 145 cm³/mol. The van der Waals surface area contributed by atoms with Gasteiger partial charge in [0.15, 0.2) is 0 Å². The van der Waals surface area contributed by atoms with Crippen LogP contribution in [0.5, 0.6) is 0 Å². The average molecular weight is 497 g/mol. The lowest BCUT2D eigenvalue weighted by molar-refractivity contribution is -0.123. The van der Waals surface area contributed by atoms with Crippen molar-refractivity contribution < 1.29 is 14.3 Å². The molecule has 0 aromatic heterocycles. The summed E-state index contributed by atoms with van der Waals surface area (Å²) < 4.78 is 4.78. The standard InChI is InChI=1S/C32H36N2O3/c1-37-31(36)27-14-12-24(13-15-27)23-34-20-17-32(18-21-34)22-29(32)30(35)33-19-16-28(25-8-4-2-5-9-25)26-10-6-3-7-11-26/h2-15,28-29H,16-23H2,1H3,(H,33,35)/t29-/m1/s1. The second-order valence-electron chi connectivity index (χ2n) is 10.5. The molecule has 1 spiro atoms. The van der Waals surface area contributed by atoms with Crippen LogP contribution in [0.25, 0.3) is 0 Å². The Morgan fingerprint density at radius 1 is 0.919 bits per heavy atom. The van der Waals surface area contributed by atoms with E-state index in [0.717, 1.165) is 45.3 Å². The number of nitrogens with one attached hydrogen (secondary N) is 1. The Kier molecular flexibility index (Phi) is 7.71. The highest BCUT2D eigenvalue weighted by molar-refractivity contribution is 5.89. The summed E-state index contributed by atoms with van der Waals surface area (Å²) in [6, 6.07) is 28.8. The number of carbonyl (C=O) groups excluding carboxylic acids is 2. The molecule has 5 rings (SSSR count). The van der Waals surface area contributed by atoms with E-state index in [-0.39, 0.29) is 29.1 Å². The number of hydrogen-bond donors (Lipinski definition) is 1. The molecule has 1 heterocycles. The number of amides is 1. The summed E-state index contributed by atoms with van der Waals surface area (Å²) in [4.78, 5) is 27.2. The topological polar surface area (TPSA) is 58.6 Å². The molecular formula is C32H36N2O3. The molecule has 1 saturated heterocycles. The van der Waals surface area contributed by atoms with Crippen molar-refractivity contribution in [2.24, 2.45) is 11.3 Å². The number of piperidine rings is 1. The summed E-state index contributed by atoms with van der Waals surface area (Å²) in [6.45, 7) is 3.57. The first-order valence-corrected chi connectivity index (χ1v) is 13.4. The molecule has 1 atom stereocenters. The summed E-state index contributed by atoms with van der Waals surface area (Å²) in [5.74, 6) is 0.355. The van der Waals surface area contributed by atoms with E-state index >= 15 is 0 Å². The van der Waals surface area contributed by atoms with Crippen LogP contribution in [0.3, 0.4) is 0 Å². The minimum Gasteiger partial charge on any atom is -0.465 e. The third-order valence-electron chi connectivity index (χ3n) is 8.28. The van der Waals surface area contributed by atoms with Crippen molar-refractivity contribution >= 4 is 11.9 Å². The van der Waals surface area contributed by atoms with Gasteiger partial charge in [-0.3, -0.25) is 9.69 Å². The van der Waals surface area contributed by atoms with Gasteiger partial charge in [-0.1, -0.05) is 72.8 Å². The van der Waals surface area contributed by atoms with E-state index < -0.39 is 0 Å². The number of rotatable bonds is 9. The monoisotopic (exact) mass is 496 g/mol. The summed E-state index contributed by atoms with van der Waals surface area (Å²) >= 11 is 0. The van der Waals surface area contributed by atoms with E-state index in [1.165, 1.54) is 23.8 Å². The van der Waals surface area contributed by atoms with Crippen molar-refractivity contribution in [2.45, 2.75) is 38.1 Å². The van der Waals surface area contributed by atoms with E-state index in [4.69, 9.17) is 4.74 Å². The number of hydrogen-bond acceptors (Lipinski definition) is 4. The van der Waals surface area contributed by atoms with Crippen LogP contribution in [0, 0.1) is 11.3 Å². The number of benzene rings is 3. The van der Waals surface area contributed by atoms with Crippen LogP contribution in [0.4, 0.5) is 0 Å². The molecule has 5 nitrogen and oxygen atoms in total. The molecule has 3 aromatic carbocycles. The lowest BCUT2D eigenvalue weighted by Gasteiger charge is -2.32. The fourth-order valence-electron chi connectivity index (χ4n) is 5.91. The van der Waals surface area contributed by atoms with Gasteiger partial charge in [-0.05, 0) is 73.0 Å². The third kappa shape index (κ3) is 5.94. The summed E-state index contributed by atoms with van der Waals surface area (Å²) in [5, 5.41) is 3.27. The van der Waals surface area contributed by atoms with Crippen molar-refractivity contribution in [3.63, 3.8) is 0 Å². The molecular weight excluding hydrogens is 460 g/mol. The Labute approximate surface area is 219 Å². The number of methoxy groups -OCH3 is 1. The number of nitrogens with zero attached hydrogens (tertiary/aromatic N) is 1. The van der Waals surface area contributed by atoms with Crippen LogP contribution in [0.1, 0.15) is 58.6 Å². The molecule has 0 radical (unpaired) electrons. The molecule has 37 heavy (non-hydrogen) atoms. The zero-order chi connectivity index (χ0) is 25.7. The molecule has 1 aliphatic carbocycles. The molecule has 2 fully saturated rings. The maximum absolute atomic E-state index is 13.1. The first-order valence-electron chi connectivity index (χ1n) is 13.4. The van der Waals surface area contributed by atoms with Crippen molar-refractivity contribution in [3.05, 3.63) is 107 Å². The number of carbonyl (C=O) groups is 2.